The number of rotatable bonds is 2. The van der Waals surface area contributed by atoms with Crippen LogP contribution in [0.25, 0.3) is 32.9 Å². The van der Waals surface area contributed by atoms with E-state index in [-0.39, 0.29) is 5.92 Å². The van der Waals surface area contributed by atoms with E-state index in [1.807, 2.05) is 0 Å². The van der Waals surface area contributed by atoms with Crippen LogP contribution in [0.15, 0.2) is 42.5 Å². The molecule has 4 aromatic rings. The second-order valence-electron chi connectivity index (χ2n) is 8.05. The van der Waals surface area contributed by atoms with E-state index in [4.69, 9.17) is 9.97 Å². The molecule has 0 aliphatic rings. The van der Waals surface area contributed by atoms with E-state index in [1.165, 1.54) is 38.6 Å². The lowest BCUT2D eigenvalue weighted by atomic mass is 9.95. The SMILES string of the molecule is Cc1ccc(-c2nc(C(C)C)nc3c2ccc2cc(C)cc(C)c23)c(C)c1. The Kier molecular flexibility index (Phi) is 4.22. The van der Waals surface area contributed by atoms with Crippen LogP contribution in [0.4, 0.5) is 0 Å². The van der Waals surface area contributed by atoms with Gasteiger partial charge in [0.05, 0.1) is 11.2 Å². The van der Waals surface area contributed by atoms with E-state index in [0.717, 1.165) is 22.4 Å². The van der Waals surface area contributed by atoms with Crippen LogP contribution >= 0.6 is 0 Å². The summed E-state index contributed by atoms with van der Waals surface area (Å²) in [7, 11) is 0. The highest BCUT2D eigenvalue weighted by Gasteiger charge is 2.16. The maximum Gasteiger partial charge on any atom is 0.132 e. The summed E-state index contributed by atoms with van der Waals surface area (Å²) in [4.78, 5) is 10.0. The normalized spacial score (nSPS) is 11.7. The summed E-state index contributed by atoms with van der Waals surface area (Å²) in [5.74, 6) is 1.19. The quantitative estimate of drug-likeness (QED) is 0.370. The van der Waals surface area contributed by atoms with Gasteiger partial charge in [-0.3, -0.25) is 0 Å². The predicted octanol–water partition coefficient (Wildman–Crippen LogP) is 6.81. The summed E-state index contributed by atoms with van der Waals surface area (Å²) in [6.07, 6.45) is 0. The van der Waals surface area contributed by atoms with E-state index in [0.29, 0.717) is 0 Å². The molecular weight excluding hydrogens is 328 g/mol. The average molecular weight is 354 g/mol. The molecule has 0 saturated heterocycles. The number of benzene rings is 3. The summed E-state index contributed by atoms with van der Waals surface area (Å²) < 4.78 is 0. The Hall–Kier alpha value is -2.74. The molecule has 0 unspecified atom stereocenters. The first-order valence-electron chi connectivity index (χ1n) is 9.64. The van der Waals surface area contributed by atoms with Crippen molar-refractivity contribution in [2.24, 2.45) is 0 Å². The van der Waals surface area contributed by atoms with E-state index in [9.17, 15) is 0 Å². The maximum atomic E-state index is 5.02. The van der Waals surface area contributed by atoms with Gasteiger partial charge in [0.1, 0.15) is 5.82 Å². The van der Waals surface area contributed by atoms with Gasteiger partial charge < -0.3 is 0 Å². The fraction of sp³-hybridized carbons (Fsp3) is 0.280. The van der Waals surface area contributed by atoms with Gasteiger partial charge >= 0.3 is 0 Å². The van der Waals surface area contributed by atoms with Crippen molar-refractivity contribution in [1.82, 2.24) is 9.97 Å². The van der Waals surface area contributed by atoms with Gasteiger partial charge in [-0.2, -0.15) is 0 Å². The van der Waals surface area contributed by atoms with Crippen molar-refractivity contribution in [3.8, 4) is 11.3 Å². The first-order chi connectivity index (χ1) is 12.8. The lowest BCUT2D eigenvalue weighted by Crippen LogP contribution is -2.02. The molecule has 0 fully saturated rings. The van der Waals surface area contributed by atoms with E-state index in [1.54, 1.807) is 0 Å². The van der Waals surface area contributed by atoms with Crippen LogP contribution in [0.5, 0.6) is 0 Å². The zero-order chi connectivity index (χ0) is 19.3. The van der Waals surface area contributed by atoms with Gasteiger partial charge in [0, 0.05) is 22.3 Å². The fourth-order valence-corrected chi connectivity index (χ4v) is 4.01. The highest BCUT2D eigenvalue weighted by atomic mass is 14.9. The highest BCUT2D eigenvalue weighted by molar-refractivity contribution is 6.10. The third-order valence-corrected chi connectivity index (χ3v) is 5.29. The van der Waals surface area contributed by atoms with Crippen LogP contribution < -0.4 is 0 Å². The van der Waals surface area contributed by atoms with Crippen molar-refractivity contribution < 1.29 is 0 Å². The van der Waals surface area contributed by atoms with Gasteiger partial charge in [-0.05, 0) is 50.3 Å². The maximum absolute atomic E-state index is 5.02. The molecule has 0 amide bonds. The summed E-state index contributed by atoms with van der Waals surface area (Å²) in [6, 6.07) is 15.5. The third-order valence-electron chi connectivity index (χ3n) is 5.29. The summed E-state index contributed by atoms with van der Waals surface area (Å²) >= 11 is 0. The molecule has 0 saturated carbocycles. The minimum Gasteiger partial charge on any atom is -0.232 e. The molecule has 0 bridgehead atoms. The molecule has 0 N–H and O–H groups in total. The zero-order valence-electron chi connectivity index (χ0n) is 17.0. The van der Waals surface area contributed by atoms with Crippen LogP contribution in [-0.2, 0) is 0 Å². The molecule has 0 aliphatic heterocycles. The van der Waals surface area contributed by atoms with Crippen molar-refractivity contribution in [2.75, 3.05) is 0 Å². The fourth-order valence-electron chi connectivity index (χ4n) is 4.01. The highest BCUT2D eigenvalue weighted by Crippen LogP contribution is 2.35. The second kappa shape index (κ2) is 6.45. The van der Waals surface area contributed by atoms with Crippen LogP contribution in [0.1, 0.15) is 47.8 Å². The van der Waals surface area contributed by atoms with Crippen LogP contribution in [0.3, 0.4) is 0 Å². The molecule has 27 heavy (non-hydrogen) atoms. The standard InChI is InChI=1S/C25H26N2/c1-14(2)25-26-23(20-9-7-15(3)11-17(20)5)21-10-8-19-13-16(4)12-18(6)22(19)24(21)27-25/h7-14H,1-6H3. The molecule has 0 radical (unpaired) electrons. The molecule has 2 nitrogen and oxygen atoms in total. The number of nitrogens with zero attached hydrogens (tertiary/aromatic N) is 2. The number of aromatic nitrogens is 2. The lowest BCUT2D eigenvalue weighted by molar-refractivity contribution is 0.785. The molecule has 0 spiro atoms. The molecule has 0 aliphatic carbocycles. The Bertz CT molecular complexity index is 1190. The Morgan fingerprint density at radius 3 is 2.19 bits per heavy atom. The van der Waals surface area contributed by atoms with Crippen LogP contribution in [0.2, 0.25) is 0 Å². The Morgan fingerprint density at radius 2 is 1.48 bits per heavy atom. The van der Waals surface area contributed by atoms with Gasteiger partial charge in [-0.1, -0.05) is 61.4 Å². The number of fused-ring (bicyclic) bond motifs is 3. The molecule has 2 heteroatoms. The Balaban J connectivity index is 2.17. The van der Waals surface area contributed by atoms with Crippen molar-refractivity contribution in [3.05, 3.63) is 70.5 Å². The summed E-state index contributed by atoms with van der Waals surface area (Å²) in [6.45, 7) is 13.0. The topological polar surface area (TPSA) is 25.8 Å². The molecule has 0 atom stereocenters. The minimum atomic E-state index is 0.278. The van der Waals surface area contributed by atoms with Crippen molar-refractivity contribution in [2.45, 2.75) is 47.5 Å². The van der Waals surface area contributed by atoms with Gasteiger partial charge in [0.2, 0.25) is 0 Å². The first kappa shape index (κ1) is 17.7. The van der Waals surface area contributed by atoms with Gasteiger partial charge in [-0.25, -0.2) is 9.97 Å². The van der Waals surface area contributed by atoms with Crippen LogP contribution in [0, 0.1) is 27.7 Å². The lowest BCUT2D eigenvalue weighted by Gasteiger charge is -2.15. The Morgan fingerprint density at radius 1 is 0.741 bits per heavy atom. The van der Waals surface area contributed by atoms with E-state index in [2.05, 4.69) is 84.0 Å². The smallest absolute Gasteiger partial charge is 0.132 e. The number of aryl methyl sites for hydroxylation is 4. The molecule has 1 aromatic heterocycles. The molecule has 136 valence electrons. The summed E-state index contributed by atoms with van der Waals surface area (Å²) in [5.41, 5.74) is 8.39. The van der Waals surface area contributed by atoms with Crippen LogP contribution in [-0.4, -0.2) is 9.97 Å². The average Bonchev–Trinajstić information content (AvgIpc) is 2.60. The van der Waals surface area contributed by atoms with Crippen molar-refractivity contribution >= 4 is 21.7 Å². The molecular formula is C25H26N2. The molecule has 3 aromatic carbocycles. The van der Waals surface area contributed by atoms with Gasteiger partial charge in [0.25, 0.3) is 0 Å². The van der Waals surface area contributed by atoms with Gasteiger partial charge in [-0.15, -0.1) is 0 Å². The van der Waals surface area contributed by atoms with E-state index < -0.39 is 0 Å². The van der Waals surface area contributed by atoms with Crippen molar-refractivity contribution in [1.29, 1.82) is 0 Å². The Labute approximate surface area is 161 Å². The monoisotopic (exact) mass is 354 g/mol. The number of hydrogen-bond donors (Lipinski definition) is 0. The number of hydrogen-bond acceptors (Lipinski definition) is 2. The predicted molar refractivity (Wildman–Crippen MR) is 116 cm³/mol. The molecule has 1 heterocycles. The second-order valence-corrected chi connectivity index (χ2v) is 8.05. The van der Waals surface area contributed by atoms with E-state index >= 15 is 0 Å². The zero-order valence-corrected chi connectivity index (χ0v) is 17.0. The third kappa shape index (κ3) is 2.99. The summed E-state index contributed by atoms with van der Waals surface area (Å²) in [5, 5.41) is 3.62. The minimum absolute atomic E-state index is 0.278. The molecule has 4 rings (SSSR count). The largest absolute Gasteiger partial charge is 0.232 e. The van der Waals surface area contributed by atoms with Gasteiger partial charge in [0.15, 0.2) is 0 Å². The van der Waals surface area contributed by atoms with Crippen molar-refractivity contribution in [3.63, 3.8) is 0 Å². The first-order valence-corrected chi connectivity index (χ1v) is 9.64.